The lowest BCUT2D eigenvalue weighted by Crippen LogP contribution is -2.50. The van der Waals surface area contributed by atoms with E-state index < -0.39 is 10.0 Å². The highest BCUT2D eigenvalue weighted by Gasteiger charge is 2.32. The van der Waals surface area contributed by atoms with Gasteiger partial charge in [-0.3, -0.25) is 9.48 Å². The van der Waals surface area contributed by atoms with Crippen molar-refractivity contribution in [1.29, 1.82) is 0 Å². The van der Waals surface area contributed by atoms with Crippen molar-refractivity contribution in [3.8, 4) is 5.75 Å². The van der Waals surface area contributed by atoms with E-state index in [1.54, 1.807) is 23.1 Å². The van der Waals surface area contributed by atoms with Crippen molar-refractivity contribution in [1.82, 2.24) is 19.0 Å². The molecular weight excluding hydrogens is 392 g/mol. The summed E-state index contributed by atoms with van der Waals surface area (Å²) in [6.45, 7) is 2.77. The molecule has 4 heterocycles. The van der Waals surface area contributed by atoms with Gasteiger partial charge in [0, 0.05) is 44.8 Å². The maximum Gasteiger partial charge on any atom is 0.274 e. The largest absolute Gasteiger partial charge is 0.493 e. The first kappa shape index (κ1) is 18.6. The van der Waals surface area contributed by atoms with Gasteiger partial charge < -0.3 is 9.64 Å². The second kappa shape index (κ2) is 7.14. The maximum absolute atomic E-state index is 13.0. The predicted molar refractivity (Wildman–Crippen MR) is 105 cm³/mol. The van der Waals surface area contributed by atoms with Gasteiger partial charge in [-0.2, -0.15) is 9.40 Å². The molecule has 1 amide bonds. The maximum atomic E-state index is 13.0. The number of ether oxygens (including phenoxy) is 1. The molecule has 3 aliphatic rings. The third-order valence-corrected chi connectivity index (χ3v) is 7.85. The number of piperazine rings is 1. The molecule has 0 aliphatic carbocycles. The van der Waals surface area contributed by atoms with Gasteiger partial charge in [-0.05, 0) is 49.1 Å². The number of carbonyl (C=O) groups is 1. The molecule has 1 aromatic carbocycles. The summed E-state index contributed by atoms with van der Waals surface area (Å²) in [5.41, 5.74) is 2.52. The summed E-state index contributed by atoms with van der Waals surface area (Å²) in [5.74, 6) is 0.653. The Balaban J connectivity index is 1.27. The van der Waals surface area contributed by atoms with E-state index in [2.05, 4.69) is 5.10 Å². The van der Waals surface area contributed by atoms with Gasteiger partial charge >= 0.3 is 0 Å². The predicted octanol–water partition coefficient (Wildman–Crippen LogP) is 1.30. The van der Waals surface area contributed by atoms with E-state index in [1.165, 1.54) is 4.31 Å². The number of rotatable bonds is 3. The topological polar surface area (TPSA) is 84.7 Å². The Bertz CT molecular complexity index is 1030. The summed E-state index contributed by atoms with van der Waals surface area (Å²) in [6.07, 6.45) is 3.91. The van der Waals surface area contributed by atoms with Gasteiger partial charge in [0.05, 0.1) is 11.5 Å². The highest BCUT2D eigenvalue weighted by atomic mass is 32.2. The molecule has 1 fully saturated rings. The SMILES string of the molecule is O=C(c1cc2n(n1)CCCC2)N1CCN(S(=O)(=O)c2ccc3c(c2)CCO3)CC1. The average molecular weight is 417 g/mol. The first-order valence-electron chi connectivity index (χ1n) is 10.1. The van der Waals surface area contributed by atoms with Crippen LogP contribution in [0.2, 0.25) is 0 Å². The lowest BCUT2D eigenvalue weighted by molar-refractivity contribution is 0.0691. The minimum absolute atomic E-state index is 0.112. The summed E-state index contributed by atoms with van der Waals surface area (Å²) in [4.78, 5) is 14.8. The number of hydrogen-bond donors (Lipinski definition) is 0. The summed E-state index contributed by atoms with van der Waals surface area (Å²) in [7, 11) is -3.58. The van der Waals surface area contributed by atoms with Crippen LogP contribution in [0.25, 0.3) is 0 Å². The van der Waals surface area contributed by atoms with Crippen LogP contribution in [-0.2, 0) is 29.4 Å². The van der Waals surface area contributed by atoms with Gasteiger partial charge in [-0.25, -0.2) is 8.42 Å². The third-order valence-electron chi connectivity index (χ3n) is 5.96. The molecule has 1 aromatic heterocycles. The Hall–Kier alpha value is -2.39. The van der Waals surface area contributed by atoms with E-state index in [0.29, 0.717) is 30.3 Å². The fourth-order valence-electron chi connectivity index (χ4n) is 4.29. The molecule has 1 saturated heterocycles. The zero-order chi connectivity index (χ0) is 20.0. The lowest BCUT2D eigenvalue weighted by atomic mass is 10.1. The van der Waals surface area contributed by atoms with Gasteiger partial charge in [0.1, 0.15) is 5.75 Å². The summed E-state index contributed by atoms with van der Waals surface area (Å²) < 4.78 is 34.9. The molecule has 8 nitrogen and oxygen atoms in total. The molecule has 29 heavy (non-hydrogen) atoms. The number of aryl methyl sites for hydroxylation is 2. The summed E-state index contributed by atoms with van der Waals surface area (Å²) in [5, 5.41) is 4.46. The van der Waals surface area contributed by atoms with Crippen LogP contribution in [0, 0.1) is 0 Å². The summed E-state index contributed by atoms with van der Waals surface area (Å²) in [6, 6.07) is 6.93. The lowest BCUT2D eigenvalue weighted by Gasteiger charge is -2.33. The normalized spacial score (nSPS) is 19.5. The van der Waals surface area contributed by atoms with Crippen molar-refractivity contribution in [3.63, 3.8) is 0 Å². The highest BCUT2D eigenvalue weighted by Crippen LogP contribution is 2.29. The number of nitrogens with zero attached hydrogens (tertiary/aromatic N) is 4. The molecule has 0 saturated carbocycles. The van der Waals surface area contributed by atoms with E-state index >= 15 is 0 Å². The van der Waals surface area contributed by atoms with E-state index in [1.807, 2.05) is 10.7 Å². The second-order valence-corrected chi connectivity index (χ2v) is 9.70. The molecule has 0 spiro atoms. The van der Waals surface area contributed by atoms with E-state index in [0.717, 1.165) is 49.2 Å². The van der Waals surface area contributed by atoms with Crippen LogP contribution >= 0.6 is 0 Å². The molecular formula is C20H24N4O4S. The third kappa shape index (κ3) is 3.32. The Kier molecular flexibility index (Phi) is 4.59. The van der Waals surface area contributed by atoms with Crippen molar-refractivity contribution >= 4 is 15.9 Å². The quantitative estimate of drug-likeness (QED) is 0.753. The number of aromatic nitrogens is 2. The Labute approximate surface area is 170 Å². The molecule has 9 heteroatoms. The molecule has 2 aromatic rings. The zero-order valence-corrected chi connectivity index (χ0v) is 17.0. The molecule has 0 N–H and O–H groups in total. The fraction of sp³-hybridized carbons (Fsp3) is 0.500. The van der Waals surface area contributed by atoms with Crippen molar-refractivity contribution < 1.29 is 17.9 Å². The number of hydrogen-bond acceptors (Lipinski definition) is 5. The minimum atomic E-state index is -3.58. The van der Waals surface area contributed by atoms with Gasteiger partial charge in [-0.15, -0.1) is 0 Å². The van der Waals surface area contributed by atoms with E-state index in [-0.39, 0.29) is 19.0 Å². The van der Waals surface area contributed by atoms with Crippen LogP contribution in [-0.4, -0.2) is 66.1 Å². The van der Waals surface area contributed by atoms with Gasteiger partial charge in [0.25, 0.3) is 5.91 Å². The van der Waals surface area contributed by atoms with Crippen LogP contribution in [0.15, 0.2) is 29.2 Å². The van der Waals surface area contributed by atoms with Crippen LogP contribution in [0.1, 0.15) is 34.6 Å². The van der Waals surface area contributed by atoms with Crippen LogP contribution in [0.4, 0.5) is 0 Å². The molecule has 0 radical (unpaired) electrons. The summed E-state index contributed by atoms with van der Waals surface area (Å²) >= 11 is 0. The Morgan fingerprint density at radius 3 is 2.62 bits per heavy atom. The first-order valence-corrected chi connectivity index (χ1v) is 11.6. The van der Waals surface area contributed by atoms with E-state index in [4.69, 9.17) is 4.74 Å². The van der Waals surface area contributed by atoms with Crippen LogP contribution in [0.3, 0.4) is 0 Å². The molecule has 0 atom stereocenters. The Morgan fingerprint density at radius 1 is 1.00 bits per heavy atom. The first-order chi connectivity index (χ1) is 14.0. The minimum Gasteiger partial charge on any atom is -0.493 e. The molecule has 154 valence electrons. The van der Waals surface area contributed by atoms with Crippen molar-refractivity contribution in [2.45, 2.75) is 37.1 Å². The number of benzene rings is 1. The number of amides is 1. The van der Waals surface area contributed by atoms with Gasteiger partial charge in [-0.1, -0.05) is 0 Å². The standard InChI is InChI=1S/C20H24N4O4S/c25-20(18-14-16-3-1-2-7-24(16)21-18)22-8-10-23(11-9-22)29(26,27)17-4-5-19-15(13-17)6-12-28-19/h4-5,13-14H,1-3,6-12H2. The zero-order valence-electron chi connectivity index (χ0n) is 16.2. The number of carbonyl (C=O) groups excluding carboxylic acids is 1. The fourth-order valence-corrected chi connectivity index (χ4v) is 5.76. The van der Waals surface area contributed by atoms with Crippen LogP contribution < -0.4 is 4.74 Å². The number of fused-ring (bicyclic) bond motifs is 2. The van der Waals surface area contributed by atoms with E-state index in [9.17, 15) is 13.2 Å². The van der Waals surface area contributed by atoms with Gasteiger partial charge in [0.2, 0.25) is 10.0 Å². The monoisotopic (exact) mass is 416 g/mol. The highest BCUT2D eigenvalue weighted by molar-refractivity contribution is 7.89. The van der Waals surface area contributed by atoms with Crippen molar-refractivity contribution in [2.75, 3.05) is 32.8 Å². The number of sulfonamides is 1. The molecule has 5 rings (SSSR count). The van der Waals surface area contributed by atoms with Crippen molar-refractivity contribution in [2.24, 2.45) is 0 Å². The smallest absolute Gasteiger partial charge is 0.274 e. The average Bonchev–Trinajstić information content (AvgIpc) is 3.39. The van der Waals surface area contributed by atoms with Crippen LogP contribution in [0.5, 0.6) is 5.75 Å². The van der Waals surface area contributed by atoms with Gasteiger partial charge in [0.15, 0.2) is 5.69 Å². The second-order valence-electron chi connectivity index (χ2n) is 7.77. The molecule has 0 unspecified atom stereocenters. The van der Waals surface area contributed by atoms with Crippen molar-refractivity contribution in [3.05, 3.63) is 41.2 Å². The Morgan fingerprint density at radius 2 is 1.83 bits per heavy atom. The molecule has 0 bridgehead atoms. The molecule has 3 aliphatic heterocycles.